The van der Waals surface area contributed by atoms with Gasteiger partial charge in [0.05, 0.1) is 27.8 Å². The number of carbonyl (C=O) groups is 1. The van der Waals surface area contributed by atoms with Gasteiger partial charge in [-0.15, -0.1) is 11.3 Å². The van der Waals surface area contributed by atoms with E-state index in [1.54, 1.807) is 23.7 Å². The van der Waals surface area contributed by atoms with Crippen molar-refractivity contribution < 1.29 is 4.79 Å². The zero-order valence-electron chi connectivity index (χ0n) is 16.9. The summed E-state index contributed by atoms with van der Waals surface area (Å²) in [6, 6.07) is 5.85. The second kappa shape index (κ2) is 7.41. The van der Waals surface area contributed by atoms with Crippen molar-refractivity contribution in [3.8, 4) is 0 Å². The number of anilines is 2. The molecule has 1 aliphatic heterocycles. The standard InChI is InChI=1S/C23H26N4OS/c1-14-9-15(2)12-27(11-14)20-7-8-24-10-19(20)26-23(28)18-5-6-21-22(25-18)17(13-29-21)16-3-4-16/h5-8,10,13-16H,3-4,9,11-12H2,1-2H3,(H,26,28)/t14-,15+. The number of piperidine rings is 1. The average molecular weight is 407 g/mol. The van der Waals surface area contributed by atoms with Crippen molar-refractivity contribution >= 4 is 38.8 Å². The van der Waals surface area contributed by atoms with Gasteiger partial charge >= 0.3 is 0 Å². The lowest BCUT2D eigenvalue weighted by atomic mass is 9.91. The molecule has 0 aromatic carbocycles. The fraction of sp³-hybridized carbons (Fsp3) is 0.435. The number of thiophene rings is 1. The largest absolute Gasteiger partial charge is 0.369 e. The van der Waals surface area contributed by atoms with Crippen molar-refractivity contribution in [2.45, 2.75) is 39.0 Å². The Morgan fingerprint density at radius 2 is 1.97 bits per heavy atom. The number of nitrogens with zero attached hydrogens (tertiary/aromatic N) is 3. The van der Waals surface area contributed by atoms with E-state index in [0.717, 1.165) is 34.7 Å². The van der Waals surface area contributed by atoms with Gasteiger partial charge in [0.25, 0.3) is 5.91 Å². The first-order valence-electron chi connectivity index (χ1n) is 10.5. The number of aromatic nitrogens is 2. The zero-order chi connectivity index (χ0) is 20.0. The molecular formula is C23H26N4OS. The van der Waals surface area contributed by atoms with Crippen LogP contribution in [0.3, 0.4) is 0 Å². The van der Waals surface area contributed by atoms with Crippen molar-refractivity contribution in [1.82, 2.24) is 9.97 Å². The highest BCUT2D eigenvalue weighted by molar-refractivity contribution is 7.17. The molecule has 3 aromatic heterocycles. The van der Waals surface area contributed by atoms with Crippen LogP contribution in [0.15, 0.2) is 36.0 Å². The fourth-order valence-electron chi connectivity index (χ4n) is 4.55. The average Bonchev–Trinajstić information content (AvgIpc) is 3.46. The summed E-state index contributed by atoms with van der Waals surface area (Å²) in [6.07, 6.45) is 7.25. The maximum Gasteiger partial charge on any atom is 0.274 e. The third-order valence-electron chi connectivity index (χ3n) is 5.95. The Labute approximate surface area is 175 Å². The molecule has 6 heteroatoms. The number of hydrogen-bond acceptors (Lipinski definition) is 5. The van der Waals surface area contributed by atoms with E-state index in [9.17, 15) is 4.79 Å². The van der Waals surface area contributed by atoms with Crippen molar-refractivity contribution in [2.24, 2.45) is 11.8 Å². The van der Waals surface area contributed by atoms with Crippen molar-refractivity contribution in [3.63, 3.8) is 0 Å². The Morgan fingerprint density at radius 1 is 1.17 bits per heavy atom. The molecule has 150 valence electrons. The van der Waals surface area contributed by atoms with E-state index in [0.29, 0.717) is 23.4 Å². The molecule has 29 heavy (non-hydrogen) atoms. The third-order valence-corrected chi connectivity index (χ3v) is 6.91. The molecule has 2 aliphatic rings. The third kappa shape index (κ3) is 3.73. The van der Waals surface area contributed by atoms with E-state index in [1.165, 1.54) is 24.8 Å². The maximum absolute atomic E-state index is 13.0. The highest BCUT2D eigenvalue weighted by Gasteiger charge is 2.28. The van der Waals surface area contributed by atoms with Crippen LogP contribution >= 0.6 is 11.3 Å². The summed E-state index contributed by atoms with van der Waals surface area (Å²) in [4.78, 5) is 24.4. The zero-order valence-corrected chi connectivity index (χ0v) is 17.7. The van der Waals surface area contributed by atoms with E-state index in [4.69, 9.17) is 4.98 Å². The highest BCUT2D eigenvalue weighted by Crippen LogP contribution is 2.44. The highest BCUT2D eigenvalue weighted by atomic mass is 32.1. The van der Waals surface area contributed by atoms with Crippen molar-refractivity contribution in [2.75, 3.05) is 23.3 Å². The molecular weight excluding hydrogens is 380 g/mol. The minimum atomic E-state index is -0.174. The molecule has 5 nitrogen and oxygen atoms in total. The first kappa shape index (κ1) is 18.6. The number of fused-ring (bicyclic) bond motifs is 1. The topological polar surface area (TPSA) is 58.1 Å². The maximum atomic E-state index is 13.0. The molecule has 2 fully saturated rings. The molecule has 1 aliphatic carbocycles. The van der Waals surface area contributed by atoms with Gasteiger partial charge < -0.3 is 10.2 Å². The predicted molar refractivity (Wildman–Crippen MR) is 119 cm³/mol. The van der Waals surface area contributed by atoms with Crippen LogP contribution in [-0.4, -0.2) is 29.0 Å². The fourth-order valence-corrected chi connectivity index (χ4v) is 5.53. The molecule has 0 radical (unpaired) electrons. The second-order valence-corrected chi connectivity index (χ2v) is 9.62. The summed E-state index contributed by atoms with van der Waals surface area (Å²) in [5.41, 5.74) is 4.57. The van der Waals surface area contributed by atoms with Gasteiger partial charge in [-0.2, -0.15) is 0 Å². The molecule has 3 aromatic rings. The van der Waals surface area contributed by atoms with Crippen LogP contribution in [0.5, 0.6) is 0 Å². The van der Waals surface area contributed by atoms with Gasteiger partial charge in [0.1, 0.15) is 5.69 Å². The molecule has 0 unspecified atom stereocenters. The Bertz CT molecular complexity index is 1050. The van der Waals surface area contributed by atoms with Gasteiger partial charge in [-0.25, -0.2) is 4.98 Å². The molecule has 0 bridgehead atoms. The summed E-state index contributed by atoms with van der Waals surface area (Å²) in [6.45, 7) is 6.58. The Balaban J connectivity index is 1.41. The van der Waals surface area contributed by atoms with E-state index >= 15 is 0 Å². The van der Waals surface area contributed by atoms with E-state index in [-0.39, 0.29) is 5.91 Å². The number of amides is 1. The Morgan fingerprint density at radius 3 is 2.72 bits per heavy atom. The lowest BCUT2D eigenvalue weighted by Crippen LogP contribution is -2.39. The Hall–Kier alpha value is -2.47. The molecule has 1 saturated heterocycles. The van der Waals surface area contributed by atoms with E-state index < -0.39 is 0 Å². The van der Waals surface area contributed by atoms with Crippen LogP contribution in [0.25, 0.3) is 10.2 Å². The summed E-state index contributed by atoms with van der Waals surface area (Å²) >= 11 is 1.72. The lowest BCUT2D eigenvalue weighted by Gasteiger charge is -2.37. The van der Waals surface area contributed by atoms with Gasteiger partial charge in [0.2, 0.25) is 0 Å². The van der Waals surface area contributed by atoms with Gasteiger partial charge in [-0.1, -0.05) is 13.8 Å². The minimum Gasteiger partial charge on any atom is -0.369 e. The molecule has 1 N–H and O–H groups in total. The number of rotatable bonds is 4. The second-order valence-electron chi connectivity index (χ2n) is 8.71. The van der Waals surface area contributed by atoms with Gasteiger partial charge in [0.15, 0.2) is 0 Å². The molecule has 4 heterocycles. The summed E-state index contributed by atoms with van der Waals surface area (Å²) in [7, 11) is 0. The normalized spacial score (nSPS) is 22.1. The first-order valence-corrected chi connectivity index (χ1v) is 11.3. The first-order chi connectivity index (χ1) is 14.1. The monoisotopic (exact) mass is 406 g/mol. The quantitative estimate of drug-likeness (QED) is 0.638. The number of nitrogens with one attached hydrogen (secondary N) is 1. The molecule has 1 amide bonds. The van der Waals surface area contributed by atoms with Crippen LogP contribution in [-0.2, 0) is 0 Å². The van der Waals surface area contributed by atoms with E-state index in [2.05, 4.69) is 34.4 Å². The lowest BCUT2D eigenvalue weighted by molar-refractivity contribution is 0.102. The van der Waals surface area contributed by atoms with Crippen LogP contribution in [0.1, 0.15) is 55.1 Å². The van der Waals surface area contributed by atoms with E-state index in [1.807, 2.05) is 18.2 Å². The van der Waals surface area contributed by atoms with Crippen LogP contribution in [0.2, 0.25) is 0 Å². The van der Waals surface area contributed by atoms with Crippen LogP contribution in [0.4, 0.5) is 11.4 Å². The smallest absolute Gasteiger partial charge is 0.274 e. The molecule has 1 saturated carbocycles. The summed E-state index contributed by atoms with van der Waals surface area (Å²) in [5.74, 6) is 1.73. The van der Waals surface area contributed by atoms with Crippen molar-refractivity contribution in [3.05, 3.63) is 47.2 Å². The molecule has 0 spiro atoms. The number of pyridine rings is 2. The molecule has 2 atom stereocenters. The van der Waals surface area contributed by atoms with Crippen LogP contribution < -0.4 is 10.2 Å². The predicted octanol–water partition coefficient (Wildman–Crippen LogP) is 5.30. The summed E-state index contributed by atoms with van der Waals surface area (Å²) < 4.78 is 1.15. The Kier molecular flexibility index (Phi) is 4.74. The van der Waals surface area contributed by atoms with Gasteiger partial charge in [-0.3, -0.25) is 9.78 Å². The van der Waals surface area contributed by atoms with Gasteiger partial charge in [-0.05, 0) is 66.2 Å². The number of carbonyl (C=O) groups excluding carboxylic acids is 1. The minimum absolute atomic E-state index is 0.174. The summed E-state index contributed by atoms with van der Waals surface area (Å²) in [5, 5.41) is 5.28. The number of hydrogen-bond donors (Lipinski definition) is 1. The van der Waals surface area contributed by atoms with Crippen LogP contribution in [0, 0.1) is 11.8 Å². The van der Waals surface area contributed by atoms with Crippen molar-refractivity contribution in [1.29, 1.82) is 0 Å². The van der Waals surface area contributed by atoms with Gasteiger partial charge in [0, 0.05) is 19.3 Å². The molecule has 5 rings (SSSR count). The SMILES string of the molecule is C[C@@H]1C[C@H](C)CN(c2ccncc2NC(=O)c2ccc3scc(C4CC4)c3n2)C1.